The third kappa shape index (κ3) is 3.73. The Bertz CT molecular complexity index is 426. The number of benzene rings is 1. The van der Waals surface area contributed by atoms with Crippen molar-refractivity contribution in [2.45, 2.75) is 6.04 Å². The summed E-state index contributed by atoms with van der Waals surface area (Å²) in [5.74, 6) is -1.50. The number of aliphatic carboxylic acids is 1. The molecule has 0 fully saturated rings. The molecule has 0 aromatic heterocycles. The second-order valence-electron chi connectivity index (χ2n) is 3.48. The van der Waals surface area contributed by atoms with E-state index in [0.717, 1.165) is 5.56 Å². The van der Waals surface area contributed by atoms with Crippen molar-refractivity contribution in [3.8, 4) is 0 Å². The summed E-state index contributed by atoms with van der Waals surface area (Å²) in [5, 5.41) is 11.0. The Labute approximate surface area is 98.9 Å². The van der Waals surface area contributed by atoms with Crippen LogP contribution in [0.3, 0.4) is 0 Å². The highest BCUT2D eigenvalue weighted by Gasteiger charge is 2.13. The maximum atomic E-state index is 11.6. The van der Waals surface area contributed by atoms with Crippen molar-refractivity contribution in [3.05, 3.63) is 42.0 Å². The Morgan fingerprint density at radius 2 is 2.00 bits per heavy atom. The highest BCUT2D eigenvalue weighted by molar-refractivity contribution is 5.94. The van der Waals surface area contributed by atoms with Crippen LogP contribution in [-0.2, 0) is 4.79 Å². The molecule has 1 amide bonds. The molecule has 0 saturated heterocycles. The van der Waals surface area contributed by atoms with E-state index >= 15 is 0 Å². The fraction of sp³-hybridized carbons (Fsp3) is 0.167. The fourth-order valence-electron chi connectivity index (χ4n) is 1.16. The lowest BCUT2D eigenvalue weighted by atomic mass is 10.1. The van der Waals surface area contributed by atoms with E-state index in [4.69, 9.17) is 10.8 Å². The Balaban J connectivity index is 2.57. The van der Waals surface area contributed by atoms with E-state index in [9.17, 15) is 9.59 Å². The third-order valence-corrected chi connectivity index (χ3v) is 2.21. The Morgan fingerprint density at radius 3 is 2.47 bits per heavy atom. The predicted octanol–water partition coefficient (Wildman–Crippen LogP) is 0.471. The molecule has 0 bridgehead atoms. The van der Waals surface area contributed by atoms with Gasteiger partial charge in [-0.3, -0.25) is 9.59 Å². The average molecular weight is 234 g/mol. The van der Waals surface area contributed by atoms with Gasteiger partial charge in [-0.1, -0.05) is 24.8 Å². The number of carboxylic acids is 1. The molecule has 0 heterocycles. The second kappa shape index (κ2) is 5.81. The minimum absolute atomic E-state index is 0.0998. The van der Waals surface area contributed by atoms with Crippen LogP contribution in [0.2, 0.25) is 0 Å². The number of rotatable bonds is 5. The second-order valence-corrected chi connectivity index (χ2v) is 3.48. The zero-order chi connectivity index (χ0) is 12.8. The third-order valence-electron chi connectivity index (χ3n) is 2.21. The quantitative estimate of drug-likeness (QED) is 0.690. The monoisotopic (exact) mass is 234 g/mol. The van der Waals surface area contributed by atoms with E-state index in [-0.39, 0.29) is 12.5 Å². The standard InChI is InChI=1S/C12H14N2O3/c1-2-8-3-5-9(6-4-8)11(15)14-7-10(13)12(16)17/h2-6,10H,1,7,13H2,(H,14,15)(H,16,17)/t10-/m0/s1. The van der Waals surface area contributed by atoms with Gasteiger partial charge in [-0.15, -0.1) is 0 Å². The van der Waals surface area contributed by atoms with Crippen LogP contribution in [0.1, 0.15) is 15.9 Å². The van der Waals surface area contributed by atoms with E-state index < -0.39 is 12.0 Å². The molecular weight excluding hydrogens is 220 g/mol. The first-order valence-electron chi connectivity index (χ1n) is 5.03. The van der Waals surface area contributed by atoms with Gasteiger partial charge >= 0.3 is 5.97 Å². The van der Waals surface area contributed by atoms with Gasteiger partial charge in [-0.05, 0) is 17.7 Å². The Hall–Kier alpha value is -2.14. The minimum Gasteiger partial charge on any atom is -0.480 e. The first kappa shape index (κ1) is 12.9. The molecule has 1 rings (SSSR count). The van der Waals surface area contributed by atoms with Crippen LogP contribution in [0.25, 0.3) is 6.08 Å². The van der Waals surface area contributed by atoms with E-state index in [2.05, 4.69) is 11.9 Å². The summed E-state index contributed by atoms with van der Waals surface area (Å²) in [6.07, 6.45) is 1.67. The highest BCUT2D eigenvalue weighted by atomic mass is 16.4. The van der Waals surface area contributed by atoms with Crippen LogP contribution in [0.4, 0.5) is 0 Å². The highest BCUT2D eigenvalue weighted by Crippen LogP contribution is 2.05. The van der Waals surface area contributed by atoms with Crippen molar-refractivity contribution < 1.29 is 14.7 Å². The summed E-state index contributed by atoms with van der Waals surface area (Å²) in [6.45, 7) is 3.50. The molecule has 0 unspecified atom stereocenters. The number of nitrogens with one attached hydrogen (secondary N) is 1. The number of hydrogen-bond donors (Lipinski definition) is 3. The molecule has 4 N–H and O–H groups in total. The molecule has 1 aromatic rings. The zero-order valence-electron chi connectivity index (χ0n) is 9.22. The van der Waals surface area contributed by atoms with Crippen LogP contribution in [0.15, 0.2) is 30.8 Å². The van der Waals surface area contributed by atoms with Gasteiger partial charge in [-0.25, -0.2) is 0 Å². The molecule has 1 atom stereocenters. The SMILES string of the molecule is C=Cc1ccc(C(=O)NC[C@H](N)C(=O)O)cc1. The molecule has 0 aliphatic heterocycles. The van der Waals surface area contributed by atoms with Crippen molar-refractivity contribution in [2.24, 2.45) is 5.73 Å². The molecule has 0 aliphatic carbocycles. The van der Waals surface area contributed by atoms with Crippen LogP contribution >= 0.6 is 0 Å². The normalized spacial score (nSPS) is 11.6. The van der Waals surface area contributed by atoms with Crippen LogP contribution in [0.5, 0.6) is 0 Å². The molecule has 90 valence electrons. The zero-order valence-corrected chi connectivity index (χ0v) is 9.22. The molecule has 0 spiro atoms. The molecule has 5 nitrogen and oxygen atoms in total. The van der Waals surface area contributed by atoms with E-state index in [1.807, 2.05) is 0 Å². The van der Waals surface area contributed by atoms with Crippen molar-refractivity contribution in [3.63, 3.8) is 0 Å². The molecule has 0 saturated carbocycles. The maximum absolute atomic E-state index is 11.6. The number of nitrogens with two attached hydrogens (primary N) is 1. The number of carbonyl (C=O) groups excluding carboxylic acids is 1. The van der Waals surface area contributed by atoms with Gasteiger partial charge in [0.1, 0.15) is 6.04 Å². The first-order valence-corrected chi connectivity index (χ1v) is 5.03. The van der Waals surface area contributed by atoms with Gasteiger partial charge in [0.15, 0.2) is 0 Å². The average Bonchev–Trinajstić information content (AvgIpc) is 2.35. The number of hydrogen-bond acceptors (Lipinski definition) is 3. The molecule has 1 aromatic carbocycles. The lowest BCUT2D eigenvalue weighted by Gasteiger charge is -2.08. The summed E-state index contributed by atoms with van der Waals surface area (Å²) >= 11 is 0. The van der Waals surface area contributed by atoms with E-state index in [1.54, 1.807) is 30.3 Å². The van der Waals surface area contributed by atoms with Gasteiger partial charge in [-0.2, -0.15) is 0 Å². The lowest BCUT2D eigenvalue weighted by Crippen LogP contribution is -2.42. The summed E-state index contributed by atoms with van der Waals surface area (Å²) in [5.41, 5.74) is 6.62. The maximum Gasteiger partial charge on any atom is 0.322 e. The number of carbonyl (C=O) groups is 2. The molecular formula is C12H14N2O3. The Kier molecular flexibility index (Phi) is 4.42. The van der Waals surface area contributed by atoms with Crippen molar-refractivity contribution >= 4 is 18.0 Å². The first-order chi connectivity index (χ1) is 8.04. The minimum atomic E-state index is -1.15. The lowest BCUT2D eigenvalue weighted by molar-refractivity contribution is -0.138. The van der Waals surface area contributed by atoms with E-state index in [1.165, 1.54) is 0 Å². The summed E-state index contributed by atoms with van der Waals surface area (Å²) in [6, 6.07) is 5.68. The molecule has 0 radical (unpaired) electrons. The largest absolute Gasteiger partial charge is 0.480 e. The topological polar surface area (TPSA) is 92.4 Å². The van der Waals surface area contributed by atoms with Crippen LogP contribution in [0, 0.1) is 0 Å². The smallest absolute Gasteiger partial charge is 0.322 e. The summed E-state index contributed by atoms with van der Waals surface area (Å²) in [4.78, 5) is 22.0. The fourth-order valence-corrected chi connectivity index (χ4v) is 1.16. The predicted molar refractivity (Wildman–Crippen MR) is 64.5 cm³/mol. The van der Waals surface area contributed by atoms with Gasteiger partial charge in [0, 0.05) is 12.1 Å². The molecule has 0 aliphatic rings. The van der Waals surface area contributed by atoms with E-state index in [0.29, 0.717) is 5.56 Å². The van der Waals surface area contributed by atoms with Crippen LogP contribution < -0.4 is 11.1 Å². The number of carboxylic acid groups (broad SMARTS) is 1. The Morgan fingerprint density at radius 1 is 1.41 bits per heavy atom. The molecule has 5 heteroatoms. The summed E-state index contributed by atoms with van der Waals surface area (Å²) < 4.78 is 0. The van der Waals surface area contributed by atoms with Crippen LogP contribution in [-0.4, -0.2) is 29.6 Å². The van der Waals surface area contributed by atoms with Crippen molar-refractivity contribution in [1.29, 1.82) is 0 Å². The van der Waals surface area contributed by atoms with Crippen molar-refractivity contribution in [2.75, 3.05) is 6.54 Å². The summed E-state index contributed by atoms with van der Waals surface area (Å²) in [7, 11) is 0. The van der Waals surface area contributed by atoms with Gasteiger partial charge in [0.05, 0.1) is 0 Å². The van der Waals surface area contributed by atoms with Gasteiger partial charge in [0.2, 0.25) is 0 Å². The van der Waals surface area contributed by atoms with Crippen molar-refractivity contribution in [1.82, 2.24) is 5.32 Å². The molecule has 17 heavy (non-hydrogen) atoms. The van der Waals surface area contributed by atoms with Gasteiger partial charge < -0.3 is 16.2 Å². The van der Waals surface area contributed by atoms with Gasteiger partial charge in [0.25, 0.3) is 5.91 Å². The number of amides is 1.